The Bertz CT molecular complexity index is 114. The summed E-state index contributed by atoms with van der Waals surface area (Å²) >= 11 is 0. The molecule has 0 aromatic heterocycles. The van der Waals surface area contributed by atoms with Gasteiger partial charge in [-0.15, -0.1) is 0 Å². The summed E-state index contributed by atoms with van der Waals surface area (Å²) in [5.74, 6) is -0.476. The van der Waals surface area contributed by atoms with E-state index in [9.17, 15) is 4.79 Å². The van der Waals surface area contributed by atoms with Gasteiger partial charge in [-0.25, -0.2) is 0 Å². The molecule has 0 heterocycles. The van der Waals surface area contributed by atoms with Crippen LogP contribution < -0.4 is 5.32 Å². The molecular weight excluding hydrogens is 134 g/mol. The SMILES string of the molecule is CC(=O)NCC(C)C(O)O. The highest BCUT2D eigenvalue weighted by atomic mass is 16.5. The number of nitrogens with one attached hydrogen (secondary N) is 1. The van der Waals surface area contributed by atoms with Gasteiger partial charge in [0.15, 0.2) is 6.29 Å². The molecule has 4 heteroatoms. The van der Waals surface area contributed by atoms with Crippen LogP contribution in [0, 0.1) is 5.92 Å². The van der Waals surface area contributed by atoms with Crippen LogP contribution >= 0.6 is 0 Å². The monoisotopic (exact) mass is 147 g/mol. The lowest BCUT2D eigenvalue weighted by Gasteiger charge is -2.12. The Hall–Kier alpha value is -0.610. The molecule has 0 fully saturated rings. The standard InChI is InChI=1S/C6H13NO3/c1-4(6(9)10)3-7-5(2)8/h4,6,9-10H,3H2,1-2H3,(H,7,8). The molecule has 0 aromatic rings. The normalized spacial score (nSPS) is 13.3. The van der Waals surface area contributed by atoms with E-state index in [-0.39, 0.29) is 11.8 Å². The van der Waals surface area contributed by atoms with E-state index in [0.717, 1.165) is 0 Å². The topological polar surface area (TPSA) is 69.6 Å². The molecule has 3 N–H and O–H groups in total. The van der Waals surface area contributed by atoms with Crippen molar-refractivity contribution in [1.29, 1.82) is 0 Å². The van der Waals surface area contributed by atoms with E-state index in [1.165, 1.54) is 6.92 Å². The minimum Gasteiger partial charge on any atom is -0.368 e. The van der Waals surface area contributed by atoms with E-state index in [0.29, 0.717) is 6.54 Å². The average Bonchev–Trinajstić information content (AvgIpc) is 1.82. The second-order valence-electron chi connectivity index (χ2n) is 2.33. The van der Waals surface area contributed by atoms with Crippen molar-refractivity contribution in [1.82, 2.24) is 5.32 Å². The summed E-state index contributed by atoms with van der Waals surface area (Å²) in [6.07, 6.45) is -1.35. The number of hydrogen-bond donors (Lipinski definition) is 3. The van der Waals surface area contributed by atoms with Gasteiger partial charge in [0.05, 0.1) is 0 Å². The van der Waals surface area contributed by atoms with Crippen molar-refractivity contribution in [2.75, 3.05) is 6.54 Å². The lowest BCUT2D eigenvalue weighted by molar-refractivity contribution is -0.120. The summed E-state index contributed by atoms with van der Waals surface area (Å²) in [4.78, 5) is 10.3. The molecule has 1 atom stereocenters. The number of aliphatic hydroxyl groups excluding tert-OH is 1. The molecule has 0 aliphatic rings. The third-order valence-electron chi connectivity index (χ3n) is 1.18. The maximum Gasteiger partial charge on any atom is 0.216 e. The molecule has 0 spiro atoms. The van der Waals surface area contributed by atoms with Crippen LogP contribution in [0.3, 0.4) is 0 Å². The van der Waals surface area contributed by atoms with Crippen LogP contribution in [0.5, 0.6) is 0 Å². The number of aliphatic hydroxyl groups is 2. The first kappa shape index (κ1) is 9.39. The largest absolute Gasteiger partial charge is 0.368 e. The zero-order valence-electron chi connectivity index (χ0n) is 6.16. The Kier molecular flexibility index (Phi) is 3.99. The number of hydrogen-bond acceptors (Lipinski definition) is 3. The van der Waals surface area contributed by atoms with E-state index in [2.05, 4.69) is 5.32 Å². The first-order chi connectivity index (χ1) is 4.54. The Morgan fingerprint density at radius 1 is 1.60 bits per heavy atom. The maximum atomic E-state index is 10.3. The molecule has 60 valence electrons. The Morgan fingerprint density at radius 3 is 2.40 bits per heavy atom. The zero-order valence-corrected chi connectivity index (χ0v) is 6.16. The van der Waals surface area contributed by atoms with Crippen molar-refractivity contribution >= 4 is 5.91 Å². The Labute approximate surface area is 59.9 Å². The van der Waals surface area contributed by atoms with Crippen LogP contribution in [0.25, 0.3) is 0 Å². The molecule has 0 rings (SSSR count). The van der Waals surface area contributed by atoms with Crippen molar-refractivity contribution in [3.8, 4) is 0 Å². The number of carbonyl (C=O) groups excluding carboxylic acids is 1. The van der Waals surface area contributed by atoms with Gasteiger partial charge < -0.3 is 15.5 Å². The molecule has 4 nitrogen and oxygen atoms in total. The zero-order chi connectivity index (χ0) is 8.15. The van der Waals surface area contributed by atoms with Gasteiger partial charge in [-0.3, -0.25) is 4.79 Å². The predicted molar refractivity (Wildman–Crippen MR) is 36.1 cm³/mol. The van der Waals surface area contributed by atoms with E-state index in [1.807, 2.05) is 0 Å². The highest BCUT2D eigenvalue weighted by Gasteiger charge is 2.09. The molecule has 0 radical (unpaired) electrons. The minimum absolute atomic E-state index is 0.160. The third kappa shape index (κ3) is 4.29. The average molecular weight is 147 g/mol. The van der Waals surface area contributed by atoms with Gasteiger partial charge in [0.2, 0.25) is 5.91 Å². The van der Waals surface area contributed by atoms with E-state index in [1.54, 1.807) is 6.92 Å². The van der Waals surface area contributed by atoms with Gasteiger partial charge in [-0.05, 0) is 0 Å². The summed E-state index contributed by atoms with van der Waals surface area (Å²) in [5, 5.41) is 19.5. The van der Waals surface area contributed by atoms with Crippen molar-refractivity contribution in [2.45, 2.75) is 20.1 Å². The quantitative estimate of drug-likeness (QED) is 0.452. The Morgan fingerprint density at radius 2 is 2.10 bits per heavy atom. The Balaban J connectivity index is 3.39. The van der Waals surface area contributed by atoms with Crippen molar-refractivity contribution < 1.29 is 15.0 Å². The van der Waals surface area contributed by atoms with Gasteiger partial charge >= 0.3 is 0 Å². The van der Waals surface area contributed by atoms with Gasteiger partial charge in [0.25, 0.3) is 0 Å². The molecule has 0 aliphatic heterocycles. The maximum absolute atomic E-state index is 10.3. The van der Waals surface area contributed by atoms with Gasteiger partial charge in [-0.2, -0.15) is 0 Å². The van der Waals surface area contributed by atoms with Gasteiger partial charge in [-0.1, -0.05) is 6.92 Å². The fourth-order valence-corrected chi connectivity index (χ4v) is 0.410. The van der Waals surface area contributed by atoms with Crippen molar-refractivity contribution in [3.05, 3.63) is 0 Å². The van der Waals surface area contributed by atoms with Crippen LogP contribution in [-0.4, -0.2) is 29.0 Å². The lowest BCUT2D eigenvalue weighted by Crippen LogP contribution is -2.31. The highest BCUT2D eigenvalue weighted by molar-refractivity contribution is 5.72. The second-order valence-corrected chi connectivity index (χ2v) is 2.33. The van der Waals surface area contributed by atoms with Gasteiger partial charge in [0, 0.05) is 19.4 Å². The van der Waals surface area contributed by atoms with Crippen LogP contribution in [0.2, 0.25) is 0 Å². The predicted octanol–water partition coefficient (Wildman–Crippen LogP) is -0.931. The molecule has 0 bridgehead atoms. The molecule has 0 aromatic carbocycles. The summed E-state index contributed by atoms with van der Waals surface area (Å²) in [5.41, 5.74) is 0. The number of rotatable bonds is 3. The fourth-order valence-electron chi connectivity index (χ4n) is 0.410. The van der Waals surface area contributed by atoms with Crippen LogP contribution in [0.15, 0.2) is 0 Å². The van der Waals surface area contributed by atoms with Crippen LogP contribution in [0.1, 0.15) is 13.8 Å². The van der Waals surface area contributed by atoms with Crippen molar-refractivity contribution in [3.63, 3.8) is 0 Å². The number of carbonyl (C=O) groups is 1. The lowest BCUT2D eigenvalue weighted by atomic mass is 10.2. The fraction of sp³-hybridized carbons (Fsp3) is 0.833. The summed E-state index contributed by atoms with van der Waals surface area (Å²) < 4.78 is 0. The molecule has 0 aliphatic carbocycles. The van der Waals surface area contributed by atoms with E-state index in [4.69, 9.17) is 10.2 Å². The summed E-state index contributed by atoms with van der Waals surface area (Å²) in [6, 6.07) is 0. The smallest absolute Gasteiger partial charge is 0.216 e. The highest BCUT2D eigenvalue weighted by Crippen LogP contribution is 1.96. The summed E-state index contributed by atoms with van der Waals surface area (Å²) in [6.45, 7) is 3.32. The van der Waals surface area contributed by atoms with Crippen LogP contribution in [-0.2, 0) is 4.79 Å². The summed E-state index contributed by atoms with van der Waals surface area (Å²) in [7, 11) is 0. The molecule has 0 saturated carbocycles. The van der Waals surface area contributed by atoms with E-state index < -0.39 is 6.29 Å². The minimum atomic E-state index is -1.35. The molecule has 10 heavy (non-hydrogen) atoms. The first-order valence-corrected chi connectivity index (χ1v) is 3.14. The third-order valence-corrected chi connectivity index (χ3v) is 1.18. The molecule has 1 amide bonds. The first-order valence-electron chi connectivity index (χ1n) is 3.14. The molecule has 1 unspecified atom stereocenters. The molecule has 0 saturated heterocycles. The molecular formula is C6H13NO3. The van der Waals surface area contributed by atoms with E-state index >= 15 is 0 Å². The van der Waals surface area contributed by atoms with Gasteiger partial charge in [0.1, 0.15) is 0 Å². The van der Waals surface area contributed by atoms with Crippen LogP contribution in [0.4, 0.5) is 0 Å². The van der Waals surface area contributed by atoms with Crippen molar-refractivity contribution in [2.24, 2.45) is 5.92 Å². The number of amides is 1. The second kappa shape index (κ2) is 4.24.